The maximum absolute atomic E-state index is 13.5. The number of carbonyl (C=O) groups excluding carboxylic acids is 1. The minimum Gasteiger partial charge on any atom is -0.493 e. The van der Waals surface area contributed by atoms with E-state index >= 15 is 0 Å². The molecule has 0 saturated carbocycles. The number of ketones is 1. The topological polar surface area (TPSA) is 83.5 Å². The number of ether oxygens (including phenoxy) is 5. The van der Waals surface area contributed by atoms with Crippen molar-refractivity contribution in [1.82, 2.24) is 0 Å². The van der Waals surface area contributed by atoms with Gasteiger partial charge >= 0.3 is 0 Å². The molecule has 0 aromatic heterocycles. The monoisotopic (exact) mass is 410 g/mol. The van der Waals surface area contributed by atoms with E-state index < -0.39 is 12.0 Å². The lowest BCUT2D eigenvalue weighted by Gasteiger charge is -2.37. The van der Waals surface area contributed by atoms with E-state index in [1.807, 2.05) is 0 Å². The van der Waals surface area contributed by atoms with E-state index in [9.17, 15) is 9.90 Å². The van der Waals surface area contributed by atoms with Crippen LogP contribution in [0.4, 0.5) is 0 Å². The predicted octanol–water partition coefficient (Wildman–Crippen LogP) is 2.68. The summed E-state index contributed by atoms with van der Waals surface area (Å²) in [5.74, 6) is 2.35. The lowest BCUT2D eigenvalue weighted by Crippen LogP contribution is -2.43. The zero-order valence-electron chi connectivity index (χ0n) is 16.8. The molecule has 7 heteroatoms. The third-order valence-electron chi connectivity index (χ3n) is 5.98. The summed E-state index contributed by atoms with van der Waals surface area (Å²) in [4.78, 5) is 13.5. The summed E-state index contributed by atoms with van der Waals surface area (Å²) in [6.07, 6.45) is -0.277. The molecular weight excluding hydrogens is 388 g/mol. The Bertz CT molecular complexity index is 1060. The van der Waals surface area contributed by atoms with Gasteiger partial charge in [-0.2, -0.15) is 0 Å². The first-order chi connectivity index (χ1) is 14.5. The fraction of sp³-hybridized carbons (Fsp3) is 0.348. The average molecular weight is 410 g/mol. The molecule has 3 aliphatic rings. The van der Waals surface area contributed by atoms with Crippen LogP contribution in [0.5, 0.6) is 28.7 Å². The van der Waals surface area contributed by atoms with Crippen molar-refractivity contribution in [2.75, 3.05) is 27.4 Å². The summed E-state index contributed by atoms with van der Waals surface area (Å²) in [6, 6.07) is 7.06. The highest BCUT2D eigenvalue weighted by molar-refractivity contribution is 6.06. The Hall–Kier alpha value is -3.19. The minimum atomic E-state index is -0.496. The number of hydrogen-bond donors (Lipinski definition) is 1. The average Bonchev–Trinajstić information content (AvgIpc) is 3.22. The molecule has 0 fully saturated rings. The lowest BCUT2D eigenvalue weighted by molar-refractivity contribution is 0.0554. The van der Waals surface area contributed by atoms with Gasteiger partial charge in [-0.3, -0.25) is 4.79 Å². The molecule has 0 saturated heterocycles. The second-order valence-corrected chi connectivity index (χ2v) is 7.60. The molecule has 0 radical (unpaired) electrons. The number of Topliss-reactive ketones (excluding diaryl/α,β-unsaturated/α-hetero) is 1. The standard InChI is InChI=1S/C23H22O7/c1-11(9-24)16-7-14-15(29-16)5-4-12-22(25)21-13-6-18(26-2)19(27-3)8-17(13)28-10-20(21)30-23(12)14/h4-6,8,16,20-21,24H,1,7,9-10H2,2-3H3/t16-,20+,21+/m0/s1. The van der Waals surface area contributed by atoms with E-state index in [4.69, 9.17) is 23.7 Å². The molecule has 5 rings (SSSR count). The van der Waals surface area contributed by atoms with Gasteiger partial charge in [-0.05, 0) is 23.8 Å². The normalized spacial score (nSPS) is 23.0. The van der Waals surface area contributed by atoms with Crippen LogP contribution in [0.1, 0.15) is 27.4 Å². The number of aliphatic hydroxyl groups is 1. The number of fused-ring (bicyclic) bond motifs is 6. The molecule has 0 unspecified atom stereocenters. The fourth-order valence-electron chi connectivity index (χ4n) is 4.40. The molecule has 3 heterocycles. The van der Waals surface area contributed by atoms with Gasteiger partial charge in [0, 0.05) is 23.6 Å². The Morgan fingerprint density at radius 2 is 1.93 bits per heavy atom. The van der Waals surface area contributed by atoms with Crippen molar-refractivity contribution in [3.8, 4) is 28.7 Å². The van der Waals surface area contributed by atoms with Crippen LogP contribution in [0.2, 0.25) is 0 Å². The number of aliphatic hydroxyl groups excluding tert-OH is 1. The van der Waals surface area contributed by atoms with Crippen molar-refractivity contribution in [1.29, 1.82) is 0 Å². The Kier molecular flexibility index (Phi) is 4.36. The molecule has 0 aliphatic carbocycles. The summed E-state index contributed by atoms with van der Waals surface area (Å²) in [6.45, 7) is 3.96. The molecule has 7 nitrogen and oxygen atoms in total. The highest BCUT2D eigenvalue weighted by atomic mass is 16.5. The molecule has 0 amide bonds. The van der Waals surface area contributed by atoms with Crippen LogP contribution in [0.15, 0.2) is 36.4 Å². The first-order valence-corrected chi connectivity index (χ1v) is 9.76. The van der Waals surface area contributed by atoms with Gasteiger partial charge in [-0.15, -0.1) is 0 Å². The molecule has 1 N–H and O–H groups in total. The molecule has 156 valence electrons. The van der Waals surface area contributed by atoms with Crippen LogP contribution in [-0.4, -0.2) is 50.5 Å². The van der Waals surface area contributed by atoms with E-state index in [0.717, 1.165) is 11.1 Å². The summed E-state index contributed by atoms with van der Waals surface area (Å²) in [7, 11) is 3.11. The second kappa shape index (κ2) is 6.95. The number of carbonyl (C=O) groups is 1. The molecule has 30 heavy (non-hydrogen) atoms. The minimum absolute atomic E-state index is 0.0229. The highest BCUT2D eigenvalue weighted by Gasteiger charge is 2.45. The first kappa shape index (κ1) is 18.8. The maximum Gasteiger partial charge on any atom is 0.178 e. The molecule has 2 aromatic rings. The van der Waals surface area contributed by atoms with Crippen molar-refractivity contribution in [3.05, 3.63) is 53.1 Å². The summed E-state index contributed by atoms with van der Waals surface area (Å²) in [5, 5.41) is 9.38. The summed E-state index contributed by atoms with van der Waals surface area (Å²) < 4.78 is 28.9. The van der Waals surface area contributed by atoms with Crippen LogP contribution in [0.3, 0.4) is 0 Å². The van der Waals surface area contributed by atoms with Crippen LogP contribution in [0, 0.1) is 0 Å². The van der Waals surface area contributed by atoms with Gasteiger partial charge in [-0.1, -0.05) is 6.58 Å². The van der Waals surface area contributed by atoms with Crippen molar-refractivity contribution in [3.63, 3.8) is 0 Å². The third-order valence-corrected chi connectivity index (χ3v) is 5.98. The quantitative estimate of drug-likeness (QED) is 0.776. The summed E-state index contributed by atoms with van der Waals surface area (Å²) >= 11 is 0. The lowest BCUT2D eigenvalue weighted by atomic mass is 9.81. The van der Waals surface area contributed by atoms with E-state index in [-0.39, 0.29) is 25.1 Å². The van der Waals surface area contributed by atoms with Gasteiger partial charge in [0.05, 0.1) is 32.3 Å². The molecule has 0 bridgehead atoms. The van der Waals surface area contributed by atoms with Crippen molar-refractivity contribution < 1.29 is 33.6 Å². The van der Waals surface area contributed by atoms with E-state index in [2.05, 4.69) is 6.58 Å². The maximum atomic E-state index is 13.5. The second-order valence-electron chi connectivity index (χ2n) is 7.60. The van der Waals surface area contributed by atoms with Gasteiger partial charge in [0.25, 0.3) is 0 Å². The van der Waals surface area contributed by atoms with Crippen LogP contribution < -0.4 is 23.7 Å². The fourth-order valence-corrected chi connectivity index (χ4v) is 4.40. The highest BCUT2D eigenvalue weighted by Crippen LogP contribution is 2.49. The molecular formula is C23H22O7. The Morgan fingerprint density at radius 1 is 1.17 bits per heavy atom. The molecule has 0 spiro atoms. The van der Waals surface area contributed by atoms with Crippen LogP contribution in [-0.2, 0) is 6.42 Å². The summed E-state index contributed by atoms with van der Waals surface area (Å²) in [5.41, 5.74) is 2.67. The smallest absolute Gasteiger partial charge is 0.178 e. The van der Waals surface area contributed by atoms with Crippen molar-refractivity contribution in [2.24, 2.45) is 0 Å². The number of rotatable bonds is 4. The van der Waals surface area contributed by atoms with Crippen molar-refractivity contribution >= 4 is 5.78 Å². The van der Waals surface area contributed by atoms with Crippen molar-refractivity contribution in [2.45, 2.75) is 24.5 Å². The molecule has 3 aliphatic heterocycles. The predicted molar refractivity (Wildman–Crippen MR) is 107 cm³/mol. The van der Waals surface area contributed by atoms with E-state index in [1.165, 1.54) is 0 Å². The Labute approximate surface area is 173 Å². The Balaban J connectivity index is 1.56. The SMILES string of the molecule is C=C(CO)[C@@H]1Cc2c(ccc3c2O[C@@H]2COc4cc(OC)c(OC)cc4[C@H]2C3=O)O1. The Morgan fingerprint density at radius 3 is 2.67 bits per heavy atom. The van der Waals surface area contributed by atoms with Crippen LogP contribution >= 0.6 is 0 Å². The zero-order chi connectivity index (χ0) is 21.0. The third kappa shape index (κ3) is 2.65. The molecule has 3 atom stereocenters. The van der Waals surface area contributed by atoms with Gasteiger partial charge < -0.3 is 28.8 Å². The molecule has 2 aromatic carbocycles. The largest absolute Gasteiger partial charge is 0.493 e. The number of methoxy groups -OCH3 is 2. The van der Waals surface area contributed by atoms with E-state index in [1.54, 1.807) is 38.5 Å². The van der Waals surface area contributed by atoms with Gasteiger partial charge in [-0.25, -0.2) is 0 Å². The number of hydrogen-bond acceptors (Lipinski definition) is 7. The zero-order valence-corrected chi connectivity index (χ0v) is 16.8. The van der Waals surface area contributed by atoms with Gasteiger partial charge in [0.2, 0.25) is 0 Å². The van der Waals surface area contributed by atoms with Crippen LogP contribution in [0.25, 0.3) is 0 Å². The number of benzene rings is 2. The van der Waals surface area contributed by atoms with Gasteiger partial charge in [0.15, 0.2) is 17.3 Å². The van der Waals surface area contributed by atoms with Gasteiger partial charge in [0.1, 0.15) is 36.1 Å². The van der Waals surface area contributed by atoms with E-state index in [0.29, 0.717) is 46.3 Å². The first-order valence-electron chi connectivity index (χ1n) is 9.76.